The highest BCUT2D eigenvalue weighted by Gasteiger charge is 2.45. The van der Waals surface area contributed by atoms with Crippen LogP contribution in [0.25, 0.3) is 0 Å². The molecule has 20 amide bonds. The van der Waals surface area contributed by atoms with Crippen molar-refractivity contribution in [1.29, 1.82) is 5.41 Å². The topological polar surface area (TPSA) is 933 Å². The molecule has 16 atom stereocenters. The van der Waals surface area contributed by atoms with E-state index in [4.69, 9.17) is 22.6 Å². The number of nitrogens with zero attached hydrogens (tertiary/aromatic N) is 4. The number of carboxylic acid groups (broad SMARTS) is 6. The molecule has 0 radical (unpaired) electrons. The van der Waals surface area contributed by atoms with Gasteiger partial charge in [0.05, 0.1) is 71.7 Å². The summed E-state index contributed by atoms with van der Waals surface area (Å²) in [4.78, 5) is 346. The van der Waals surface area contributed by atoms with E-state index in [9.17, 15) is 171 Å². The molecular formula is C78H120N24O35. The maximum atomic E-state index is 14.7. The van der Waals surface area contributed by atoms with Crippen molar-refractivity contribution in [3.8, 4) is 0 Å². The molecule has 32 N–H and O–H groups in total. The van der Waals surface area contributed by atoms with Gasteiger partial charge in [-0.3, -0.25) is 125 Å². The van der Waals surface area contributed by atoms with Crippen molar-refractivity contribution in [2.45, 2.75) is 239 Å². The van der Waals surface area contributed by atoms with Crippen LogP contribution in [0.3, 0.4) is 0 Å². The van der Waals surface area contributed by atoms with Gasteiger partial charge in [0.2, 0.25) is 118 Å². The normalized spacial score (nSPS) is 18.0. The molecular weight excluding hydrogens is 1830 g/mol. The first-order valence-electron chi connectivity index (χ1n) is 43.3. The number of amides is 20. The molecule has 59 heteroatoms. The van der Waals surface area contributed by atoms with E-state index in [0.29, 0.717) is 12.8 Å². The van der Waals surface area contributed by atoms with E-state index in [0.717, 1.165) is 21.6 Å². The Kier molecular flexibility index (Phi) is 47.3. The van der Waals surface area contributed by atoms with Crippen LogP contribution in [0.5, 0.6) is 0 Å². The number of nitrogens with one attached hydrogen (secondary N) is 17. The number of rotatable bonds is 58. The molecule has 4 heterocycles. The fourth-order valence-corrected chi connectivity index (χ4v) is 14.7. The molecule has 0 spiro atoms. The van der Waals surface area contributed by atoms with Gasteiger partial charge in [0.1, 0.15) is 96.7 Å². The van der Waals surface area contributed by atoms with Gasteiger partial charge in [-0.05, 0) is 96.3 Å². The van der Waals surface area contributed by atoms with Crippen molar-refractivity contribution in [3.05, 3.63) is 0 Å². The van der Waals surface area contributed by atoms with Gasteiger partial charge in [0.25, 0.3) is 0 Å². The highest BCUT2D eigenvalue weighted by Crippen LogP contribution is 2.24. The minimum Gasteiger partial charge on any atom is -0.481 e. The highest BCUT2D eigenvalue weighted by atomic mass is 16.4. The zero-order valence-electron chi connectivity index (χ0n) is 74.9. The molecule has 137 heavy (non-hydrogen) atoms. The Morgan fingerprint density at radius 1 is 0.343 bits per heavy atom. The maximum Gasteiger partial charge on any atom is 0.326 e. The number of hydrogen-bond donors (Lipinski definition) is 29. The molecule has 4 aliphatic heterocycles. The number of guanidine groups is 1. The second-order valence-electron chi connectivity index (χ2n) is 32.6. The summed E-state index contributed by atoms with van der Waals surface area (Å²) in [7, 11) is 0. The summed E-state index contributed by atoms with van der Waals surface area (Å²) in [5.74, 6) is -33.5. The van der Waals surface area contributed by atoms with E-state index in [-0.39, 0.29) is 90.0 Å². The Bertz CT molecular complexity index is 4480. The molecule has 0 aliphatic carbocycles. The highest BCUT2D eigenvalue weighted by molar-refractivity contribution is 6.03. The van der Waals surface area contributed by atoms with Crippen molar-refractivity contribution >= 4 is 160 Å². The first-order valence-corrected chi connectivity index (χ1v) is 43.3. The van der Waals surface area contributed by atoms with Gasteiger partial charge in [-0.2, -0.15) is 0 Å². The van der Waals surface area contributed by atoms with Crippen molar-refractivity contribution in [2.24, 2.45) is 23.1 Å². The van der Waals surface area contributed by atoms with Crippen LogP contribution in [0, 0.1) is 11.3 Å². The van der Waals surface area contributed by atoms with Gasteiger partial charge in [0, 0.05) is 45.6 Å². The van der Waals surface area contributed by atoms with E-state index in [2.05, 4.69) is 47.9 Å². The summed E-state index contributed by atoms with van der Waals surface area (Å²) < 4.78 is 0. The van der Waals surface area contributed by atoms with Crippen molar-refractivity contribution < 1.29 is 171 Å². The third-order valence-electron chi connectivity index (χ3n) is 21.6. The van der Waals surface area contributed by atoms with Gasteiger partial charge in [0.15, 0.2) is 5.96 Å². The van der Waals surface area contributed by atoms with Crippen LogP contribution < -0.4 is 102 Å². The molecule has 4 aliphatic rings. The number of carbonyl (C=O) groups excluding carboxylic acids is 20. The Hall–Kier alpha value is -14.7. The Morgan fingerprint density at radius 2 is 0.701 bits per heavy atom. The molecule has 4 fully saturated rings. The predicted molar refractivity (Wildman–Crippen MR) is 458 cm³/mol. The quantitative estimate of drug-likeness (QED) is 0.0153. The number of nitrogens with two attached hydrogens (primary N) is 3. The van der Waals surface area contributed by atoms with Gasteiger partial charge in [-0.1, -0.05) is 13.8 Å². The van der Waals surface area contributed by atoms with E-state index in [1.54, 1.807) is 13.8 Å². The monoisotopic (exact) mass is 1950 g/mol. The smallest absolute Gasteiger partial charge is 0.326 e. The third kappa shape index (κ3) is 38.3. The van der Waals surface area contributed by atoms with Crippen LogP contribution >= 0.6 is 0 Å². The molecule has 762 valence electrons. The zero-order chi connectivity index (χ0) is 103. The first kappa shape index (κ1) is 115. The lowest BCUT2D eigenvalue weighted by Crippen LogP contribution is -2.61. The average molecular weight is 1950 g/mol. The average Bonchev–Trinajstić information content (AvgIpc) is 1.71. The van der Waals surface area contributed by atoms with Crippen LogP contribution in [0.4, 0.5) is 0 Å². The van der Waals surface area contributed by atoms with Crippen LogP contribution in [-0.4, -0.2) is 401 Å². The number of hydrogen-bond acceptors (Lipinski definition) is 31. The minimum atomic E-state index is -2.32. The minimum absolute atomic E-state index is 0.0230. The molecule has 16 unspecified atom stereocenters. The molecule has 0 aromatic carbocycles. The van der Waals surface area contributed by atoms with Crippen LogP contribution in [0.1, 0.15) is 143 Å². The Labute approximate surface area is 779 Å². The summed E-state index contributed by atoms with van der Waals surface area (Å²) in [5, 5.41) is 130. The second-order valence-corrected chi connectivity index (χ2v) is 32.6. The summed E-state index contributed by atoms with van der Waals surface area (Å²) >= 11 is 0. The first-order chi connectivity index (χ1) is 64.4. The number of likely N-dealkylation sites (tertiary alicyclic amines) is 4. The van der Waals surface area contributed by atoms with E-state index in [1.807, 2.05) is 37.2 Å². The molecule has 0 bridgehead atoms. The lowest BCUT2D eigenvalue weighted by molar-refractivity contribution is -0.148. The van der Waals surface area contributed by atoms with Gasteiger partial charge in [-0.25, -0.2) is 4.79 Å². The fraction of sp³-hybridized carbons (Fsp3) is 0.654. The summed E-state index contributed by atoms with van der Waals surface area (Å²) in [5.41, 5.74) is 16.3. The molecule has 4 rings (SSSR count). The second kappa shape index (κ2) is 56.5. The van der Waals surface area contributed by atoms with Crippen LogP contribution in [-0.2, 0) is 125 Å². The number of carboxylic acids is 6. The molecule has 59 nitrogen and oxygen atoms in total. The molecule has 4 saturated heterocycles. The maximum absolute atomic E-state index is 14.7. The summed E-state index contributed by atoms with van der Waals surface area (Å²) in [6.45, 7) is -2.24. The SMILES string of the molecule is CC(C)CC(NC(=O)CNC(=O)C1CCCN1C(=O)C(CO)NC(=O)C(C)NC(=O)C(CCC(N)=O)NC(=O)C1CCCN1C(=O)C(CCCNC(=N)N)NC(=O)C(CC(=O)O)NC(=O)CNC(=O)C(CC(=O)O)NC(=O)C(CO)NC(=O)C(CC(=O)O)NC(=O)C(CCC(=O)O)NC(=O)C(CC(=O)O)NC(=O)C(N)CO)C(=O)NCC(=O)N1CCCC1C(=O)NCC(=O)N1CCCC1C(=O)O. The Balaban J connectivity index is 1.40. The molecule has 0 saturated carbocycles. The number of aliphatic carboxylic acids is 6. The van der Waals surface area contributed by atoms with Crippen molar-refractivity contribution in [1.82, 2.24) is 105 Å². The summed E-state index contributed by atoms with van der Waals surface area (Å²) in [6.07, 6.45) is -7.13. The fourth-order valence-electron chi connectivity index (χ4n) is 14.7. The lowest BCUT2D eigenvalue weighted by Gasteiger charge is -2.31. The van der Waals surface area contributed by atoms with Gasteiger partial charge < -0.3 is 168 Å². The van der Waals surface area contributed by atoms with Gasteiger partial charge >= 0.3 is 35.8 Å². The van der Waals surface area contributed by atoms with Gasteiger partial charge in [-0.15, -0.1) is 0 Å². The lowest BCUT2D eigenvalue weighted by atomic mass is 10.0. The van der Waals surface area contributed by atoms with Crippen molar-refractivity contribution in [3.63, 3.8) is 0 Å². The largest absolute Gasteiger partial charge is 0.481 e. The van der Waals surface area contributed by atoms with Crippen LogP contribution in [0.15, 0.2) is 0 Å². The number of carbonyl (C=O) groups is 26. The van der Waals surface area contributed by atoms with E-state index in [1.165, 1.54) is 4.90 Å². The van der Waals surface area contributed by atoms with E-state index >= 15 is 0 Å². The zero-order valence-corrected chi connectivity index (χ0v) is 74.9. The van der Waals surface area contributed by atoms with Crippen molar-refractivity contribution in [2.75, 3.05) is 78.7 Å². The molecule has 0 aromatic rings. The Morgan fingerprint density at radius 3 is 1.18 bits per heavy atom. The predicted octanol–water partition coefficient (Wildman–Crippen LogP) is -15.5. The van der Waals surface area contributed by atoms with Crippen LogP contribution in [0.2, 0.25) is 0 Å². The number of aliphatic hydroxyl groups excluding tert-OH is 3. The number of primary amides is 1. The summed E-state index contributed by atoms with van der Waals surface area (Å²) in [6, 6.07) is -27.9. The van der Waals surface area contributed by atoms with E-state index < -0.39 is 360 Å². The number of aliphatic hydroxyl groups is 3. The molecule has 0 aromatic heterocycles. The third-order valence-corrected chi connectivity index (χ3v) is 21.6. The standard InChI is InChI=1S/C78H120N24O35/c1-35(2)23-41(64(123)86-30-55(109)99-19-5-10-48(99)72(131)87-31-56(110)100-20-8-13-51(100)77(136)137)89-54(108)29-85-73(132)49-11-6-21-101(49)76(135)47(34-105)98-62(121)36(3)88-66(125)38(14-16-52(80)106)92-74(133)50-12-7-22-102(50)75(134)40(9-4-18-83-78(81)82)93-68(127)43(25-59(115)116)90-53(107)28-84-65(124)42(24-58(113)114)95-71(130)46(33-104)97-70(129)45(27-61(119)120)96-67(126)39(15-17-57(111)112)91-69(128)44(26-60(117)118)94-63(122)37(79)32-103/h35-51,103-105H,4-34,79H2,1-3H3,(H2,80,106)(H,84,124)(H,85,132)(H,86,123)(H,87,131)(H,88,125)(H,89,108)(H,90,107)(H,91,128)(H,92,133)(H,93,127)(H,94,122)(H,95,130)(H,96,126)(H,97,129)(H,98,121)(H,111,112)(H,113,114)(H,115,116)(H,117,118)(H,119,120)(H,136,137)(H4,81,82,83).